The Hall–Kier alpha value is -1.08. The molecule has 0 aliphatic carbocycles. The van der Waals surface area contributed by atoms with Crippen LogP contribution in [0.1, 0.15) is 33.1 Å². The first-order valence-corrected chi connectivity index (χ1v) is 8.17. The number of hydrogen-bond donors (Lipinski definition) is 1. The zero-order valence-electron chi connectivity index (χ0n) is 12.1. The summed E-state index contributed by atoms with van der Waals surface area (Å²) in [5, 5.41) is 3.87. The van der Waals surface area contributed by atoms with Crippen LogP contribution in [0.25, 0.3) is 0 Å². The third kappa shape index (κ3) is 4.79. The quantitative estimate of drug-likeness (QED) is 0.739. The Bertz CT molecular complexity index is 413. The van der Waals surface area contributed by atoms with E-state index in [0.717, 1.165) is 38.2 Å². The molecule has 7 heteroatoms. The number of anilines is 1. The van der Waals surface area contributed by atoms with E-state index < -0.39 is 0 Å². The largest absolute Gasteiger partial charge is 0.464 e. The van der Waals surface area contributed by atoms with Crippen molar-refractivity contribution < 1.29 is 9.47 Å². The van der Waals surface area contributed by atoms with Gasteiger partial charge in [-0.05, 0) is 26.2 Å². The van der Waals surface area contributed by atoms with Crippen molar-refractivity contribution in [2.24, 2.45) is 0 Å². The van der Waals surface area contributed by atoms with Gasteiger partial charge in [-0.15, -0.1) is 0 Å². The molecule has 0 bridgehead atoms. The van der Waals surface area contributed by atoms with Crippen LogP contribution in [0.3, 0.4) is 0 Å². The molecule has 1 unspecified atom stereocenters. The third-order valence-corrected chi connectivity index (χ3v) is 3.80. The highest BCUT2D eigenvalue weighted by molar-refractivity contribution is 7.99. The smallest absolute Gasteiger partial charge is 0.322 e. The van der Waals surface area contributed by atoms with Crippen molar-refractivity contribution in [3.05, 3.63) is 0 Å². The Morgan fingerprint density at radius 3 is 2.95 bits per heavy atom. The topological polar surface area (TPSA) is 69.2 Å². The molecule has 112 valence electrons. The SMILES string of the molecule is CCCNc1nc(OCC)nc(SCC2CCCO2)n1. The number of nitrogens with one attached hydrogen (secondary N) is 1. The van der Waals surface area contributed by atoms with Crippen LogP contribution in [0, 0.1) is 0 Å². The molecule has 20 heavy (non-hydrogen) atoms. The van der Waals surface area contributed by atoms with Crippen LogP contribution >= 0.6 is 11.8 Å². The molecule has 1 aromatic rings. The van der Waals surface area contributed by atoms with Gasteiger partial charge in [0.25, 0.3) is 0 Å². The summed E-state index contributed by atoms with van der Waals surface area (Å²) in [6.07, 6.45) is 3.61. The minimum Gasteiger partial charge on any atom is -0.464 e. The summed E-state index contributed by atoms with van der Waals surface area (Å²) in [7, 11) is 0. The van der Waals surface area contributed by atoms with Gasteiger partial charge < -0.3 is 14.8 Å². The molecule has 1 fully saturated rings. The van der Waals surface area contributed by atoms with Gasteiger partial charge in [0.2, 0.25) is 5.95 Å². The van der Waals surface area contributed by atoms with Crippen molar-refractivity contribution in [1.82, 2.24) is 15.0 Å². The summed E-state index contributed by atoms with van der Waals surface area (Å²) in [6, 6.07) is 0.385. The molecule has 1 saturated heterocycles. The Morgan fingerprint density at radius 2 is 2.25 bits per heavy atom. The molecule has 6 nitrogen and oxygen atoms in total. The lowest BCUT2D eigenvalue weighted by molar-refractivity contribution is 0.129. The number of aromatic nitrogens is 3. The van der Waals surface area contributed by atoms with Crippen molar-refractivity contribution in [2.45, 2.75) is 44.4 Å². The molecule has 0 amide bonds. The predicted molar refractivity (Wildman–Crippen MR) is 79.5 cm³/mol. The summed E-state index contributed by atoms with van der Waals surface area (Å²) < 4.78 is 11.0. The Morgan fingerprint density at radius 1 is 1.35 bits per heavy atom. The predicted octanol–water partition coefficient (Wildman–Crippen LogP) is 2.36. The molecule has 2 heterocycles. The molecule has 0 saturated carbocycles. The minimum absolute atomic E-state index is 0.319. The second-order valence-corrected chi connectivity index (χ2v) is 5.52. The van der Waals surface area contributed by atoms with Crippen LogP contribution in [0.4, 0.5) is 5.95 Å². The molecule has 1 N–H and O–H groups in total. The lowest BCUT2D eigenvalue weighted by Crippen LogP contribution is -2.11. The maximum Gasteiger partial charge on any atom is 0.322 e. The minimum atomic E-state index is 0.319. The average molecular weight is 298 g/mol. The van der Waals surface area contributed by atoms with Crippen LogP contribution in [-0.2, 0) is 4.74 Å². The van der Waals surface area contributed by atoms with E-state index in [2.05, 4.69) is 27.2 Å². The van der Waals surface area contributed by atoms with E-state index in [0.29, 0.717) is 29.8 Å². The van der Waals surface area contributed by atoms with E-state index in [1.54, 1.807) is 11.8 Å². The van der Waals surface area contributed by atoms with Crippen LogP contribution in [-0.4, -0.2) is 46.6 Å². The maximum atomic E-state index is 5.61. The number of nitrogens with zero attached hydrogens (tertiary/aromatic N) is 3. The highest BCUT2D eigenvalue weighted by Crippen LogP contribution is 2.23. The van der Waals surface area contributed by atoms with E-state index >= 15 is 0 Å². The van der Waals surface area contributed by atoms with Crippen molar-refractivity contribution in [3.63, 3.8) is 0 Å². The molecule has 1 atom stereocenters. The van der Waals surface area contributed by atoms with Gasteiger partial charge in [-0.2, -0.15) is 15.0 Å². The van der Waals surface area contributed by atoms with E-state index in [4.69, 9.17) is 9.47 Å². The molecule has 2 rings (SSSR count). The number of hydrogen-bond acceptors (Lipinski definition) is 7. The van der Waals surface area contributed by atoms with Gasteiger partial charge in [-0.3, -0.25) is 0 Å². The van der Waals surface area contributed by atoms with Gasteiger partial charge in [0, 0.05) is 18.9 Å². The summed E-state index contributed by atoms with van der Waals surface area (Å²) in [4.78, 5) is 13.0. The van der Waals surface area contributed by atoms with E-state index in [9.17, 15) is 0 Å². The molecule has 1 aliphatic heterocycles. The van der Waals surface area contributed by atoms with Gasteiger partial charge in [0.05, 0.1) is 12.7 Å². The number of ether oxygens (including phenoxy) is 2. The van der Waals surface area contributed by atoms with Crippen molar-refractivity contribution in [2.75, 3.05) is 30.8 Å². The van der Waals surface area contributed by atoms with Gasteiger partial charge in [0.1, 0.15) is 0 Å². The second-order valence-electron chi connectivity index (χ2n) is 4.53. The van der Waals surface area contributed by atoms with Crippen LogP contribution in [0.2, 0.25) is 0 Å². The fraction of sp³-hybridized carbons (Fsp3) is 0.769. The van der Waals surface area contributed by atoms with E-state index in [-0.39, 0.29) is 0 Å². The highest BCUT2D eigenvalue weighted by atomic mass is 32.2. The standard InChI is InChI=1S/C13H22N4O2S/c1-3-7-14-11-15-12(18-4-2)17-13(16-11)20-9-10-6-5-8-19-10/h10H,3-9H2,1-2H3,(H,14,15,16,17). The third-order valence-electron chi connectivity index (χ3n) is 2.82. The first-order chi connectivity index (χ1) is 9.81. The maximum absolute atomic E-state index is 5.61. The van der Waals surface area contributed by atoms with Gasteiger partial charge in [0.15, 0.2) is 5.16 Å². The first-order valence-electron chi connectivity index (χ1n) is 7.19. The summed E-state index contributed by atoms with van der Waals surface area (Å²) in [5.74, 6) is 1.46. The summed E-state index contributed by atoms with van der Waals surface area (Å²) in [5.41, 5.74) is 0. The zero-order chi connectivity index (χ0) is 14.2. The summed E-state index contributed by atoms with van der Waals surface area (Å²) in [6.45, 7) is 6.28. The number of thioether (sulfide) groups is 1. The molecular weight excluding hydrogens is 276 g/mol. The van der Waals surface area contributed by atoms with Crippen LogP contribution < -0.4 is 10.1 Å². The monoisotopic (exact) mass is 298 g/mol. The van der Waals surface area contributed by atoms with Gasteiger partial charge in [-0.1, -0.05) is 18.7 Å². The molecule has 0 aromatic carbocycles. The molecule has 0 spiro atoms. The Labute approximate surface area is 124 Å². The van der Waals surface area contributed by atoms with Crippen LogP contribution in [0.5, 0.6) is 6.01 Å². The fourth-order valence-electron chi connectivity index (χ4n) is 1.86. The highest BCUT2D eigenvalue weighted by Gasteiger charge is 2.17. The van der Waals surface area contributed by atoms with Crippen molar-refractivity contribution in [3.8, 4) is 6.01 Å². The van der Waals surface area contributed by atoms with Crippen molar-refractivity contribution >= 4 is 17.7 Å². The molecule has 1 aliphatic rings. The zero-order valence-corrected chi connectivity index (χ0v) is 12.9. The Balaban J connectivity index is 1.98. The molecule has 1 aromatic heterocycles. The van der Waals surface area contributed by atoms with Crippen molar-refractivity contribution in [1.29, 1.82) is 0 Å². The fourth-order valence-corrected chi connectivity index (χ4v) is 2.75. The van der Waals surface area contributed by atoms with Crippen LogP contribution in [0.15, 0.2) is 5.16 Å². The lowest BCUT2D eigenvalue weighted by Gasteiger charge is -2.10. The Kier molecular flexibility index (Phi) is 6.32. The average Bonchev–Trinajstić information content (AvgIpc) is 2.96. The molecule has 0 radical (unpaired) electrons. The first kappa shape index (κ1) is 15.3. The number of rotatable bonds is 8. The second kappa shape index (κ2) is 8.26. The van der Waals surface area contributed by atoms with E-state index in [1.807, 2.05) is 6.92 Å². The summed E-state index contributed by atoms with van der Waals surface area (Å²) >= 11 is 1.60. The van der Waals surface area contributed by atoms with E-state index in [1.165, 1.54) is 0 Å². The normalized spacial score (nSPS) is 18.2. The molecular formula is C13H22N4O2S. The van der Waals surface area contributed by atoms with Gasteiger partial charge >= 0.3 is 6.01 Å². The lowest BCUT2D eigenvalue weighted by atomic mass is 10.3. The van der Waals surface area contributed by atoms with Gasteiger partial charge in [-0.25, -0.2) is 0 Å².